The van der Waals surface area contributed by atoms with Crippen molar-refractivity contribution >= 4 is 39.1 Å². The number of aryl methyl sites for hydroxylation is 1. The molecule has 78 valence electrons. The lowest BCUT2D eigenvalue weighted by molar-refractivity contribution is -0.111. The summed E-state index contributed by atoms with van der Waals surface area (Å²) in [7, 11) is 0. The average Bonchev–Trinajstić information content (AvgIpc) is 2.14. The second kappa shape index (κ2) is 5.15. The van der Waals surface area contributed by atoms with Crippen LogP contribution < -0.4 is 5.32 Å². The molecule has 1 aromatic rings. The van der Waals surface area contributed by atoms with Crippen molar-refractivity contribution in [2.24, 2.45) is 0 Å². The van der Waals surface area contributed by atoms with E-state index >= 15 is 0 Å². The van der Waals surface area contributed by atoms with Crippen molar-refractivity contribution < 1.29 is 9.18 Å². The maximum Gasteiger partial charge on any atom is 0.301 e. The zero-order valence-corrected chi connectivity index (χ0v) is 10.0. The van der Waals surface area contributed by atoms with Crippen molar-refractivity contribution in [2.45, 2.75) is 6.92 Å². The van der Waals surface area contributed by atoms with Gasteiger partial charge in [-0.3, -0.25) is 4.79 Å². The van der Waals surface area contributed by atoms with E-state index < -0.39 is 11.7 Å². The zero-order chi connectivity index (χ0) is 11.4. The summed E-state index contributed by atoms with van der Waals surface area (Å²) in [6, 6.07) is 2.60. The number of halogens is 3. The van der Waals surface area contributed by atoms with Gasteiger partial charge in [-0.2, -0.15) is 0 Å². The van der Waals surface area contributed by atoms with Crippen molar-refractivity contribution in [3.05, 3.63) is 28.5 Å². The molecule has 0 saturated heterocycles. The number of amides is 1. The van der Waals surface area contributed by atoms with Crippen LogP contribution >= 0.6 is 27.5 Å². The Labute approximate surface area is 99.9 Å². The quantitative estimate of drug-likeness (QED) is 0.791. The molecule has 0 radical (unpaired) electrons. The molecule has 0 aromatic heterocycles. The fourth-order valence-corrected chi connectivity index (χ4v) is 1.33. The molecule has 1 amide bonds. The molecule has 5 heteroatoms. The monoisotopic (exact) mass is 289 g/mol. The van der Waals surface area contributed by atoms with Gasteiger partial charge in [0.2, 0.25) is 0 Å². The van der Waals surface area contributed by atoms with Crippen LogP contribution in [0.2, 0.25) is 5.02 Å². The van der Waals surface area contributed by atoms with Gasteiger partial charge in [0.15, 0.2) is 0 Å². The van der Waals surface area contributed by atoms with Gasteiger partial charge < -0.3 is 5.32 Å². The lowest BCUT2D eigenvalue weighted by Gasteiger charge is -2.05. The molecule has 0 atom stereocenters. The molecule has 0 spiro atoms. The Morgan fingerprint density at radius 2 is 2.27 bits per heavy atom. The molecule has 0 bridgehead atoms. The first kappa shape index (κ1) is 12.0. The van der Waals surface area contributed by atoms with E-state index in [1.165, 1.54) is 6.07 Å². The molecule has 1 N–H and O–H groups in total. The Kier molecular flexibility index (Phi) is 4.13. The number of nitrogens with one attached hydrogen (secondary N) is 1. The zero-order valence-electron chi connectivity index (χ0n) is 7.70. The Balaban J connectivity index is 2.99. The topological polar surface area (TPSA) is 29.1 Å². The van der Waals surface area contributed by atoms with E-state index in [0.29, 0.717) is 11.3 Å². The van der Waals surface area contributed by atoms with Crippen molar-refractivity contribution in [3.8, 4) is 10.8 Å². The van der Waals surface area contributed by atoms with E-state index in [1.807, 2.05) is 0 Å². The molecule has 0 heterocycles. The summed E-state index contributed by atoms with van der Waals surface area (Å²) in [4.78, 5) is 13.4. The van der Waals surface area contributed by atoms with E-state index in [1.54, 1.807) is 6.92 Å². The van der Waals surface area contributed by atoms with Crippen LogP contribution in [0.1, 0.15) is 5.56 Å². The molecule has 1 rings (SSSR count). The normalized spacial score (nSPS) is 9.07. The highest BCUT2D eigenvalue weighted by molar-refractivity contribution is 9.12. The molecular weight excluding hydrogens is 284 g/mol. The van der Waals surface area contributed by atoms with Crippen molar-refractivity contribution in [1.29, 1.82) is 0 Å². The molecule has 0 fully saturated rings. The first-order valence-corrected chi connectivity index (χ1v) is 5.10. The van der Waals surface area contributed by atoms with Gasteiger partial charge in [0, 0.05) is 21.9 Å². The smallest absolute Gasteiger partial charge is 0.301 e. The van der Waals surface area contributed by atoms with Crippen molar-refractivity contribution in [3.63, 3.8) is 0 Å². The van der Waals surface area contributed by atoms with Crippen LogP contribution in [0, 0.1) is 23.5 Å². The van der Waals surface area contributed by atoms with Crippen LogP contribution in [0.4, 0.5) is 10.1 Å². The minimum absolute atomic E-state index is 0.142. The number of carbonyl (C=O) groups is 1. The van der Waals surface area contributed by atoms with Crippen molar-refractivity contribution in [1.82, 2.24) is 0 Å². The number of carbonyl (C=O) groups excluding carboxylic acids is 1. The summed E-state index contributed by atoms with van der Waals surface area (Å²) in [6.45, 7) is 1.58. The second-order valence-corrected chi connectivity index (χ2v) is 3.56. The van der Waals surface area contributed by atoms with Gasteiger partial charge in [0.1, 0.15) is 5.82 Å². The standard InChI is InChI=1S/C10H6BrClFNO/c1-6-4-9(7(12)5-8(6)13)14-10(15)2-3-11/h4-5H,1H3,(H,14,15). The van der Waals surface area contributed by atoms with E-state index in [4.69, 9.17) is 11.6 Å². The third-order valence-corrected chi connectivity index (χ3v) is 2.17. The highest BCUT2D eigenvalue weighted by atomic mass is 79.9. The molecule has 0 aliphatic rings. The Morgan fingerprint density at radius 3 is 2.87 bits per heavy atom. The van der Waals surface area contributed by atoms with Crippen LogP contribution in [-0.2, 0) is 4.79 Å². The van der Waals surface area contributed by atoms with Gasteiger partial charge in [-0.1, -0.05) is 11.6 Å². The van der Waals surface area contributed by atoms with Crippen LogP contribution in [0.5, 0.6) is 0 Å². The first-order chi connectivity index (χ1) is 7.04. The minimum atomic E-state index is -0.514. The van der Waals surface area contributed by atoms with Crippen molar-refractivity contribution in [2.75, 3.05) is 5.32 Å². The van der Waals surface area contributed by atoms with Gasteiger partial charge >= 0.3 is 5.91 Å². The third kappa shape index (κ3) is 3.22. The molecule has 15 heavy (non-hydrogen) atoms. The maximum absolute atomic E-state index is 13.0. The Bertz CT molecular complexity index is 464. The van der Waals surface area contributed by atoms with Crippen LogP contribution in [0.25, 0.3) is 0 Å². The van der Waals surface area contributed by atoms with E-state index in [2.05, 4.69) is 32.0 Å². The number of anilines is 1. The van der Waals surface area contributed by atoms with Crippen LogP contribution in [0.3, 0.4) is 0 Å². The minimum Gasteiger partial charge on any atom is -0.314 e. The van der Waals surface area contributed by atoms with Crippen LogP contribution in [-0.4, -0.2) is 5.91 Å². The highest BCUT2D eigenvalue weighted by Crippen LogP contribution is 2.24. The van der Waals surface area contributed by atoms with Gasteiger partial charge in [-0.15, -0.1) is 0 Å². The van der Waals surface area contributed by atoms with E-state index in [9.17, 15) is 9.18 Å². The summed E-state index contributed by atoms with van der Waals surface area (Å²) in [5, 5.41) is 2.58. The number of rotatable bonds is 1. The van der Waals surface area contributed by atoms with Gasteiger partial charge in [-0.25, -0.2) is 4.39 Å². The van der Waals surface area contributed by atoms with Crippen LogP contribution in [0.15, 0.2) is 12.1 Å². The summed E-state index contributed by atoms with van der Waals surface area (Å²) in [5.41, 5.74) is 0.748. The van der Waals surface area contributed by atoms with Gasteiger partial charge in [-0.05, 0) is 29.4 Å². The third-order valence-electron chi connectivity index (χ3n) is 1.66. The highest BCUT2D eigenvalue weighted by Gasteiger charge is 2.07. The molecule has 1 aromatic carbocycles. The fourth-order valence-electron chi connectivity index (χ4n) is 0.950. The van der Waals surface area contributed by atoms with E-state index in [0.717, 1.165) is 6.07 Å². The van der Waals surface area contributed by atoms with E-state index in [-0.39, 0.29) is 5.02 Å². The molecular formula is C10H6BrClFNO. The summed E-state index contributed by atoms with van der Waals surface area (Å²) in [5.74, 6) is 1.29. The number of hydrogen-bond acceptors (Lipinski definition) is 1. The summed E-state index contributed by atoms with van der Waals surface area (Å²) >= 11 is 8.52. The fraction of sp³-hybridized carbons (Fsp3) is 0.100. The predicted octanol–water partition coefficient (Wildman–Crippen LogP) is 3.08. The Morgan fingerprint density at radius 1 is 1.60 bits per heavy atom. The molecule has 0 aliphatic heterocycles. The lowest BCUT2D eigenvalue weighted by Crippen LogP contribution is -2.09. The SMILES string of the molecule is Cc1cc(NC(=O)C#CBr)c(Cl)cc1F. The maximum atomic E-state index is 13.0. The number of hydrogen-bond donors (Lipinski definition) is 1. The molecule has 0 unspecified atom stereocenters. The first-order valence-electron chi connectivity index (χ1n) is 3.93. The Hall–Kier alpha value is -1.05. The van der Waals surface area contributed by atoms with Gasteiger partial charge in [0.25, 0.3) is 0 Å². The lowest BCUT2D eigenvalue weighted by atomic mass is 10.2. The van der Waals surface area contributed by atoms with Gasteiger partial charge in [0.05, 0.1) is 10.7 Å². The second-order valence-electron chi connectivity index (χ2n) is 2.75. The molecule has 0 aliphatic carbocycles. The number of benzene rings is 1. The molecule has 0 saturated carbocycles. The molecule has 2 nitrogen and oxygen atoms in total. The average molecular weight is 291 g/mol. The summed E-state index contributed by atoms with van der Waals surface area (Å²) < 4.78 is 13.0. The predicted molar refractivity (Wildman–Crippen MR) is 61.5 cm³/mol. The largest absolute Gasteiger partial charge is 0.314 e. The summed E-state index contributed by atoms with van der Waals surface area (Å²) in [6.07, 6.45) is 0.